The molecule has 0 aliphatic heterocycles. The zero-order valence-corrected chi connectivity index (χ0v) is 11.0. The fraction of sp³-hybridized carbons (Fsp3) is 0.636. The zero-order chi connectivity index (χ0) is 12.0. The summed E-state index contributed by atoms with van der Waals surface area (Å²) in [7, 11) is 0. The Morgan fingerprint density at radius 1 is 1.50 bits per heavy atom. The van der Waals surface area contributed by atoms with E-state index in [1.165, 1.54) is 0 Å². The van der Waals surface area contributed by atoms with Crippen molar-refractivity contribution in [2.45, 2.75) is 31.9 Å². The lowest BCUT2D eigenvalue weighted by Gasteiger charge is -2.11. The van der Waals surface area contributed by atoms with Crippen LogP contribution in [0.15, 0.2) is 6.07 Å². The maximum Gasteiger partial charge on any atom is 0.133 e. The summed E-state index contributed by atoms with van der Waals surface area (Å²) in [4.78, 5) is 8.61. The molecule has 1 aromatic rings. The highest BCUT2D eigenvalue weighted by molar-refractivity contribution is 7.99. The van der Waals surface area contributed by atoms with E-state index in [0.717, 1.165) is 31.0 Å². The monoisotopic (exact) mass is 240 g/mol. The van der Waals surface area contributed by atoms with Crippen LogP contribution in [0.4, 0.5) is 11.6 Å². The van der Waals surface area contributed by atoms with Crippen LogP contribution in [0.5, 0.6) is 0 Å². The number of hydrogen-bond acceptors (Lipinski definition) is 5. The molecular formula is C11H20N4S. The van der Waals surface area contributed by atoms with Gasteiger partial charge in [0.15, 0.2) is 0 Å². The molecule has 0 saturated carbocycles. The molecule has 0 fully saturated rings. The third-order valence-electron chi connectivity index (χ3n) is 2.24. The first kappa shape index (κ1) is 13.1. The maximum absolute atomic E-state index is 5.73. The average molecular weight is 240 g/mol. The van der Waals surface area contributed by atoms with Gasteiger partial charge in [-0.3, -0.25) is 0 Å². The molecule has 0 bridgehead atoms. The average Bonchev–Trinajstić information content (AvgIpc) is 2.25. The second kappa shape index (κ2) is 6.58. The van der Waals surface area contributed by atoms with Crippen molar-refractivity contribution in [2.75, 3.05) is 23.9 Å². The van der Waals surface area contributed by atoms with Crippen LogP contribution in [0, 0.1) is 0 Å². The van der Waals surface area contributed by atoms with E-state index in [0.29, 0.717) is 11.1 Å². The third-order valence-corrected chi connectivity index (χ3v) is 3.21. The number of rotatable bonds is 6. The number of anilines is 2. The Kier molecular flexibility index (Phi) is 5.38. The Morgan fingerprint density at radius 3 is 2.88 bits per heavy atom. The molecule has 1 aromatic heterocycles. The minimum atomic E-state index is 0.540. The van der Waals surface area contributed by atoms with Gasteiger partial charge in [0.1, 0.15) is 17.5 Å². The Balaban J connectivity index is 2.64. The van der Waals surface area contributed by atoms with E-state index in [1.54, 1.807) is 6.07 Å². The van der Waals surface area contributed by atoms with Crippen molar-refractivity contribution >= 4 is 23.4 Å². The molecule has 4 nitrogen and oxygen atoms in total. The van der Waals surface area contributed by atoms with Gasteiger partial charge in [0.2, 0.25) is 0 Å². The van der Waals surface area contributed by atoms with E-state index in [1.807, 2.05) is 11.8 Å². The van der Waals surface area contributed by atoms with Crippen molar-refractivity contribution in [3.63, 3.8) is 0 Å². The summed E-state index contributed by atoms with van der Waals surface area (Å²) in [6.07, 6.45) is 4.01. The molecule has 1 atom stereocenters. The van der Waals surface area contributed by atoms with Crippen LogP contribution in [-0.4, -0.2) is 28.0 Å². The molecule has 5 heteroatoms. The molecule has 0 aromatic carbocycles. The molecule has 90 valence electrons. The molecule has 0 amide bonds. The number of aromatic nitrogens is 2. The van der Waals surface area contributed by atoms with E-state index in [-0.39, 0.29) is 0 Å². The Morgan fingerprint density at radius 2 is 2.25 bits per heavy atom. The summed E-state index contributed by atoms with van der Waals surface area (Å²) in [5.41, 5.74) is 5.73. The van der Waals surface area contributed by atoms with Crippen LogP contribution in [0.1, 0.15) is 26.1 Å². The second-order valence-corrected chi connectivity index (χ2v) is 5.05. The Bertz CT molecular complexity index is 330. The Hall–Kier alpha value is -0.970. The summed E-state index contributed by atoms with van der Waals surface area (Å²) < 4.78 is 0. The largest absolute Gasteiger partial charge is 0.384 e. The lowest BCUT2D eigenvalue weighted by molar-refractivity contribution is 0.835. The number of nitrogens with two attached hydrogens (primary N) is 1. The van der Waals surface area contributed by atoms with E-state index in [4.69, 9.17) is 5.73 Å². The Labute approximate surface area is 101 Å². The van der Waals surface area contributed by atoms with Crippen molar-refractivity contribution < 1.29 is 0 Å². The quantitative estimate of drug-likeness (QED) is 0.798. The molecule has 16 heavy (non-hydrogen) atoms. The standard InChI is InChI=1S/C11H20N4S/c1-4-5-10-14-9(12)6-11(15-10)13-7-8(2)16-3/h6,8H,4-5,7H2,1-3H3,(H3,12,13,14,15). The SMILES string of the molecule is CCCc1nc(N)cc(NCC(C)SC)n1. The predicted octanol–water partition coefficient (Wildman–Crippen LogP) is 2.17. The van der Waals surface area contributed by atoms with Gasteiger partial charge in [0, 0.05) is 24.3 Å². The van der Waals surface area contributed by atoms with Gasteiger partial charge in [-0.2, -0.15) is 11.8 Å². The highest BCUT2D eigenvalue weighted by Gasteiger charge is 2.03. The molecule has 1 unspecified atom stereocenters. The van der Waals surface area contributed by atoms with E-state index in [2.05, 4.69) is 35.4 Å². The number of nitrogens with zero attached hydrogens (tertiary/aromatic N) is 2. The molecule has 1 rings (SSSR count). The van der Waals surface area contributed by atoms with Gasteiger partial charge >= 0.3 is 0 Å². The molecule has 3 N–H and O–H groups in total. The fourth-order valence-corrected chi connectivity index (χ4v) is 1.53. The van der Waals surface area contributed by atoms with Crippen LogP contribution in [0.2, 0.25) is 0 Å². The van der Waals surface area contributed by atoms with Crippen molar-refractivity contribution in [3.8, 4) is 0 Å². The molecular weight excluding hydrogens is 220 g/mol. The second-order valence-electron chi connectivity index (χ2n) is 3.77. The molecule has 0 aliphatic carbocycles. The first-order chi connectivity index (χ1) is 7.65. The van der Waals surface area contributed by atoms with Gasteiger partial charge in [0.05, 0.1) is 0 Å². The maximum atomic E-state index is 5.73. The van der Waals surface area contributed by atoms with Gasteiger partial charge in [0.25, 0.3) is 0 Å². The number of nitrogen functional groups attached to an aromatic ring is 1. The predicted molar refractivity (Wildman–Crippen MR) is 71.9 cm³/mol. The zero-order valence-electron chi connectivity index (χ0n) is 10.2. The first-order valence-electron chi connectivity index (χ1n) is 5.55. The normalized spacial score (nSPS) is 12.4. The molecule has 0 saturated heterocycles. The summed E-state index contributed by atoms with van der Waals surface area (Å²) in [5.74, 6) is 2.19. The summed E-state index contributed by atoms with van der Waals surface area (Å²) in [6, 6.07) is 1.78. The number of aryl methyl sites for hydroxylation is 1. The van der Waals surface area contributed by atoms with Gasteiger partial charge in [-0.1, -0.05) is 13.8 Å². The van der Waals surface area contributed by atoms with Crippen LogP contribution in [0.25, 0.3) is 0 Å². The molecule has 0 aliphatic rings. The van der Waals surface area contributed by atoms with Gasteiger partial charge in [-0.15, -0.1) is 0 Å². The van der Waals surface area contributed by atoms with E-state index >= 15 is 0 Å². The van der Waals surface area contributed by atoms with Crippen LogP contribution in [0.3, 0.4) is 0 Å². The lowest BCUT2D eigenvalue weighted by Crippen LogP contribution is -2.14. The van der Waals surface area contributed by atoms with E-state index < -0.39 is 0 Å². The summed E-state index contributed by atoms with van der Waals surface area (Å²) >= 11 is 1.83. The topological polar surface area (TPSA) is 63.8 Å². The van der Waals surface area contributed by atoms with Crippen molar-refractivity contribution in [1.82, 2.24) is 9.97 Å². The van der Waals surface area contributed by atoms with Gasteiger partial charge < -0.3 is 11.1 Å². The van der Waals surface area contributed by atoms with E-state index in [9.17, 15) is 0 Å². The summed E-state index contributed by atoms with van der Waals surface area (Å²) in [6.45, 7) is 5.17. The van der Waals surface area contributed by atoms with Crippen molar-refractivity contribution in [2.24, 2.45) is 0 Å². The molecule has 0 spiro atoms. The van der Waals surface area contributed by atoms with Crippen LogP contribution >= 0.6 is 11.8 Å². The fourth-order valence-electron chi connectivity index (χ4n) is 1.28. The van der Waals surface area contributed by atoms with Gasteiger partial charge in [-0.25, -0.2) is 9.97 Å². The van der Waals surface area contributed by atoms with Gasteiger partial charge in [-0.05, 0) is 12.7 Å². The number of hydrogen-bond donors (Lipinski definition) is 2. The smallest absolute Gasteiger partial charge is 0.133 e. The van der Waals surface area contributed by atoms with Crippen molar-refractivity contribution in [1.29, 1.82) is 0 Å². The molecule has 1 heterocycles. The highest BCUT2D eigenvalue weighted by Crippen LogP contribution is 2.11. The first-order valence-corrected chi connectivity index (χ1v) is 6.84. The molecule has 0 radical (unpaired) electrons. The minimum absolute atomic E-state index is 0.540. The van der Waals surface area contributed by atoms with Crippen LogP contribution in [-0.2, 0) is 6.42 Å². The van der Waals surface area contributed by atoms with Crippen LogP contribution < -0.4 is 11.1 Å². The minimum Gasteiger partial charge on any atom is -0.384 e. The highest BCUT2D eigenvalue weighted by atomic mass is 32.2. The summed E-state index contributed by atoms with van der Waals surface area (Å²) in [5, 5.41) is 3.84. The number of nitrogens with one attached hydrogen (secondary N) is 1. The lowest BCUT2D eigenvalue weighted by atomic mass is 10.3. The van der Waals surface area contributed by atoms with Crippen molar-refractivity contribution in [3.05, 3.63) is 11.9 Å². The third kappa shape index (κ3) is 4.26. The number of thioether (sulfide) groups is 1.